The van der Waals surface area contributed by atoms with Gasteiger partial charge in [0.2, 0.25) is 0 Å². The second-order valence-corrected chi connectivity index (χ2v) is 4.80. The van der Waals surface area contributed by atoms with Crippen LogP contribution < -0.4 is 10.5 Å². The Balaban J connectivity index is 2.11. The average Bonchev–Trinajstić information content (AvgIpc) is 2.81. The van der Waals surface area contributed by atoms with Crippen LogP contribution in [0, 0.1) is 10.1 Å². The molecule has 19 heavy (non-hydrogen) atoms. The Morgan fingerprint density at radius 1 is 1.58 bits per heavy atom. The third-order valence-electron chi connectivity index (χ3n) is 3.61. The number of ether oxygens (including phenoxy) is 1. The predicted octanol–water partition coefficient (Wildman–Crippen LogP) is 1.53. The highest BCUT2D eigenvalue weighted by Gasteiger charge is 2.23. The van der Waals surface area contributed by atoms with Crippen molar-refractivity contribution in [1.82, 2.24) is 4.90 Å². The Hall–Kier alpha value is -1.66. The largest absolute Gasteiger partial charge is 0.491 e. The molecule has 104 valence electrons. The summed E-state index contributed by atoms with van der Waals surface area (Å²) in [4.78, 5) is 12.8. The maximum atomic E-state index is 10.9. The fourth-order valence-corrected chi connectivity index (χ4v) is 2.44. The lowest BCUT2D eigenvalue weighted by molar-refractivity contribution is -0.385. The van der Waals surface area contributed by atoms with Gasteiger partial charge in [0.15, 0.2) is 0 Å². The maximum Gasteiger partial charge on any atom is 0.277 e. The van der Waals surface area contributed by atoms with E-state index in [-0.39, 0.29) is 12.2 Å². The van der Waals surface area contributed by atoms with Crippen LogP contribution in [0.4, 0.5) is 5.69 Å². The SMILES string of the molecule is CN1CCC[C@H]1COc1cccc([N+](=O)[O-])c1CN. The van der Waals surface area contributed by atoms with Crippen molar-refractivity contribution in [1.29, 1.82) is 0 Å². The summed E-state index contributed by atoms with van der Waals surface area (Å²) >= 11 is 0. The lowest BCUT2D eigenvalue weighted by Gasteiger charge is -2.20. The summed E-state index contributed by atoms with van der Waals surface area (Å²) in [5.41, 5.74) is 6.10. The fourth-order valence-electron chi connectivity index (χ4n) is 2.44. The van der Waals surface area contributed by atoms with Gasteiger partial charge in [-0.3, -0.25) is 10.1 Å². The number of nitrogens with zero attached hydrogens (tertiary/aromatic N) is 2. The minimum atomic E-state index is -0.420. The zero-order valence-corrected chi connectivity index (χ0v) is 11.0. The molecule has 2 N–H and O–H groups in total. The van der Waals surface area contributed by atoms with E-state index in [1.165, 1.54) is 12.5 Å². The van der Waals surface area contributed by atoms with E-state index in [2.05, 4.69) is 11.9 Å². The molecular formula is C13H19N3O3. The van der Waals surface area contributed by atoms with E-state index in [1.54, 1.807) is 12.1 Å². The van der Waals surface area contributed by atoms with Gasteiger partial charge < -0.3 is 15.4 Å². The van der Waals surface area contributed by atoms with Gasteiger partial charge in [-0.2, -0.15) is 0 Å². The number of hydrogen-bond donors (Lipinski definition) is 1. The quantitative estimate of drug-likeness (QED) is 0.645. The van der Waals surface area contributed by atoms with Crippen molar-refractivity contribution in [2.45, 2.75) is 25.4 Å². The summed E-state index contributed by atoms with van der Waals surface area (Å²) in [5.74, 6) is 0.525. The van der Waals surface area contributed by atoms with Gasteiger partial charge in [0.05, 0.1) is 10.5 Å². The molecule has 0 bridgehead atoms. The van der Waals surface area contributed by atoms with E-state index < -0.39 is 4.92 Å². The van der Waals surface area contributed by atoms with Crippen LogP contribution in [0.2, 0.25) is 0 Å². The monoisotopic (exact) mass is 265 g/mol. The number of hydrogen-bond acceptors (Lipinski definition) is 5. The molecule has 6 heteroatoms. The van der Waals surface area contributed by atoms with Crippen LogP contribution in [0.15, 0.2) is 18.2 Å². The Morgan fingerprint density at radius 2 is 2.37 bits per heavy atom. The van der Waals surface area contributed by atoms with Crippen LogP contribution >= 0.6 is 0 Å². The molecule has 0 aromatic heterocycles. The number of nitrogens with two attached hydrogens (primary N) is 1. The van der Waals surface area contributed by atoms with Crippen LogP contribution in [0.5, 0.6) is 5.75 Å². The van der Waals surface area contributed by atoms with Crippen molar-refractivity contribution >= 4 is 5.69 Å². The molecule has 1 aliphatic heterocycles. The molecule has 1 atom stereocenters. The molecule has 0 spiro atoms. The van der Waals surface area contributed by atoms with Crippen molar-refractivity contribution in [2.75, 3.05) is 20.2 Å². The molecule has 0 aliphatic carbocycles. The second kappa shape index (κ2) is 5.99. The molecule has 0 saturated carbocycles. The van der Waals surface area contributed by atoms with Gasteiger partial charge in [-0.15, -0.1) is 0 Å². The lowest BCUT2D eigenvalue weighted by Crippen LogP contribution is -2.30. The highest BCUT2D eigenvalue weighted by atomic mass is 16.6. The smallest absolute Gasteiger partial charge is 0.277 e. The number of rotatable bonds is 5. The number of likely N-dealkylation sites (tertiary alicyclic amines) is 1. The lowest BCUT2D eigenvalue weighted by atomic mass is 10.1. The first kappa shape index (κ1) is 13.8. The normalized spacial score (nSPS) is 19.6. The van der Waals surface area contributed by atoms with E-state index >= 15 is 0 Å². The van der Waals surface area contributed by atoms with Crippen LogP contribution in [-0.2, 0) is 6.54 Å². The van der Waals surface area contributed by atoms with Crippen molar-refractivity contribution in [3.63, 3.8) is 0 Å². The molecule has 0 radical (unpaired) electrons. The average molecular weight is 265 g/mol. The standard InChI is InChI=1S/C13H19N3O3/c1-15-7-3-4-10(15)9-19-13-6-2-5-12(16(17)18)11(13)8-14/h2,5-6,10H,3-4,7-9,14H2,1H3/t10-/m0/s1. The molecule has 2 rings (SSSR count). The van der Waals surface area contributed by atoms with Crippen molar-refractivity contribution in [3.8, 4) is 5.75 Å². The van der Waals surface area contributed by atoms with Gasteiger partial charge in [0, 0.05) is 18.7 Å². The summed E-state index contributed by atoms with van der Waals surface area (Å²) in [6.07, 6.45) is 2.27. The summed E-state index contributed by atoms with van der Waals surface area (Å²) in [7, 11) is 2.07. The molecule has 1 aromatic rings. The highest BCUT2D eigenvalue weighted by molar-refractivity contribution is 5.49. The van der Waals surface area contributed by atoms with Crippen molar-refractivity contribution < 1.29 is 9.66 Å². The van der Waals surface area contributed by atoms with E-state index in [4.69, 9.17) is 10.5 Å². The molecule has 0 unspecified atom stereocenters. The Labute approximate surface area is 112 Å². The minimum absolute atomic E-state index is 0.0276. The fraction of sp³-hybridized carbons (Fsp3) is 0.538. The Kier molecular flexibility index (Phi) is 4.34. The number of nitro benzene ring substituents is 1. The van der Waals surface area contributed by atoms with Gasteiger partial charge >= 0.3 is 0 Å². The van der Waals surface area contributed by atoms with Crippen LogP contribution in [-0.4, -0.2) is 36.1 Å². The van der Waals surface area contributed by atoms with Gasteiger partial charge in [-0.25, -0.2) is 0 Å². The number of benzene rings is 1. The Morgan fingerprint density at radius 3 is 2.95 bits per heavy atom. The number of likely N-dealkylation sites (N-methyl/N-ethyl adjacent to an activating group) is 1. The summed E-state index contributed by atoms with van der Waals surface area (Å²) in [6, 6.07) is 5.20. The van der Waals surface area contributed by atoms with Crippen LogP contribution in [0.3, 0.4) is 0 Å². The van der Waals surface area contributed by atoms with Gasteiger partial charge in [-0.05, 0) is 32.5 Å². The Bertz CT molecular complexity index is 464. The van der Waals surface area contributed by atoms with E-state index in [1.807, 2.05) is 0 Å². The zero-order chi connectivity index (χ0) is 13.8. The summed E-state index contributed by atoms with van der Waals surface area (Å²) in [5, 5.41) is 10.9. The predicted molar refractivity (Wildman–Crippen MR) is 72.1 cm³/mol. The first-order chi connectivity index (χ1) is 9.13. The summed E-state index contributed by atoms with van der Waals surface area (Å²) in [6.45, 7) is 1.73. The first-order valence-electron chi connectivity index (χ1n) is 6.43. The maximum absolute atomic E-state index is 10.9. The van der Waals surface area contributed by atoms with Crippen molar-refractivity contribution in [2.24, 2.45) is 5.73 Å². The minimum Gasteiger partial charge on any atom is -0.491 e. The van der Waals surface area contributed by atoms with E-state index in [9.17, 15) is 10.1 Å². The molecule has 1 saturated heterocycles. The van der Waals surface area contributed by atoms with E-state index in [0.717, 1.165) is 13.0 Å². The first-order valence-corrected chi connectivity index (χ1v) is 6.43. The van der Waals surface area contributed by atoms with Gasteiger partial charge in [0.25, 0.3) is 5.69 Å². The third-order valence-corrected chi connectivity index (χ3v) is 3.61. The topological polar surface area (TPSA) is 81.6 Å². The summed E-state index contributed by atoms with van der Waals surface area (Å²) < 4.78 is 5.75. The molecule has 1 heterocycles. The number of nitro groups is 1. The molecule has 0 amide bonds. The van der Waals surface area contributed by atoms with Gasteiger partial charge in [0.1, 0.15) is 12.4 Å². The van der Waals surface area contributed by atoms with Crippen LogP contribution in [0.1, 0.15) is 18.4 Å². The molecule has 1 aromatic carbocycles. The molecule has 1 fully saturated rings. The van der Waals surface area contributed by atoms with Crippen LogP contribution in [0.25, 0.3) is 0 Å². The second-order valence-electron chi connectivity index (χ2n) is 4.80. The molecular weight excluding hydrogens is 246 g/mol. The highest BCUT2D eigenvalue weighted by Crippen LogP contribution is 2.28. The molecule has 1 aliphatic rings. The van der Waals surface area contributed by atoms with E-state index in [0.29, 0.717) is 24.0 Å². The molecule has 6 nitrogen and oxygen atoms in total. The zero-order valence-electron chi connectivity index (χ0n) is 11.0. The third kappa shape index (κ3) is 3.02. The van der Waals surface area contributed by atoms with Gasteiger partial charge in [-0.1, -0.05) is 6.07 Å². The van der Waals surface area contributed by atoms with Crippen molar-refractivity contribution in [3.05, 3.63) is 33.9 Å².